The highest BCUT2D eigenvalue weighted by molar-refractivity contribution is 5.72. The summed E-state index contributed by atoms with van der Waals surface area (Å²) in [7, 11) is 1.33. The summed E-state index contributed by atoms with van der Waals surface area (Å²) in [5.41, 5.74) is 0.349. The Morgan fingerprint density at radius 1 is 1.40 bits per heavy atom. The van der Waals surface area contributed by atoms with Gasteiger partial charge in [-0.2, -0.15) is 8.78 Å². The van der Waals surface area contributed by atoms with Gasteiger partial charge in [0.2, 0.25) is 6.41 Å². The van der Waals surface area contributed by atoms with Gasteiger partial charge in [-0.3, -0.25) is 4.79 Å². The monoisotopic (exact) mass is 217 g/mol. The molecule has 0 heterocycles. The lowest BCUT2D eigenvalue weighted by atomic mass is 10.3. The van der Waals surface area contributed by atoms with Crippen molar-refractivity contribution in [3.05, 3.63) is 18.2 Å². The number of methoxy groups -OCH3 is 1. The van der Waals surface area contributed by atoms with E-state index in [9.17, 15) is 13.6 Å². The van der Waals surface area contributed by atoms with Gasteiger partial charge in [0.15, 0.2) is 11.5 Å². The molecule has 6 heteroatoms. The number of nitrogens with one attached hydrogen (secondary N) is 1. The maximum atomic E-state index is 12.0. The van der Waals surface area contributed by atoms with Crippen LogP contribution < -0.4 is 14.8 Å². The summed E-state index contributed by atoms with van der Waals surface area (Å²) in [5, 5.41) is 2.31. The topological polar surface area (TPSA) is 47.6 Å². The zero-order valence-corrected chi connectivity index (χ0v) is 7.87. The Morgan fingerprint density at radius 2 is 2.13 bits per heavy atom. The molecule has 0 radical (unpaired) electrons. The van der Waals surface area contributed by atoms with E-state index in [0.717, 1.165) is 0 Å². The van der Waals surface area contributed by atoms with Crippen molar-refractivity contribution in [2.75, 3.05) is 12.4 Å². The summed E-state index contributed by atoms with van der Waals surface area (Å²) in [4.78, 5) is 10.1. The van der Waals surface area contributed by atoms with Gasteiger partial charge < -0.3 is 14.8 Å². The smallest absolute Gasteiger partial charge is 0.387 e. The number of hydrogen-bond donors (Lipinski definition) is 1. The van der Waals surface area contributed by atoms with Crippen LogP contribution in [-0.2, 0) is 4.79 Å². The SMILES string of the molecule is COc1ccc(NC=O)cc1OC(F)F. The molecule has 1 N–H and O–H groups in total. The van der Waals surface area contributed by atoms with Gasteiger partial charge in [0.1, 0.15) is 0 Å². The quantitative estimate of drug-likeness (QED) is 0.766. The van der Waals surface area contributed by atoms with Crippen molar-refractivity contribution in [3.8, 4) is 11.5 Å². The van der Waals surface area contributed by atoms with Crippen LogP contribution in [0.15, 0.2) is 18.2 Å². The molecule has 0 aliphatic heterocycles. The number of rotatable bonds is 5. The Labute approximate surface area is 84.8 Å². The zero-order chi connectivity index (χ0) is 11.3. The third kappa shape index (κ3) is 3.08. The first-order valence-corrected chi connectivity index (χ1v) is 4.00. The van der Waals surface area contributed by atoms with Crippen molar-refractivity contribution < 1.29 is 23.0 Å². The Hall–Kier alpha value is -1.85. The maximum Gasteiger partial charge on any atom is 0.387 e. The molecule has 1 aromatic rings. The van der Waals surface area contributed by atoms with E-state index in [1.807, 2.05) is 0 Å². The normalized spacial score (nSPS) is 9.87. The molecule has 0 saturated carbocycles. The van der Waals surface area contributed by atoms with Gasteiger partial charge in [-0.15, -0.1) is 0 Å². The van der Waals surface area contributed by atoms with Crippen molar-refractivity contribution >= 4 is 12.1 Å². The highest BCUT2D eigenvalue weighted by Crippen LogP contribution is 2.31. The number of carbonyl (C=O) groups is 1. The van der Waals surface area contributed by atoms with Gasteiger partial charge in [-0.1, -0.05) is 0 Å². The van der Waals surface area contributed by atoms with Gasteiger partial charge in [-0.25, -0.2) is 0 Å². The first-order chi connectivity index (χ1) is 7.17. The first-order valence-electron chi connectivity index (χ1n) is 4.00. The minimum Gasteiger partial charge on any atom is -0.493 e. The van der Waals surface area contributed by atoms with Crippen LogP contribution >= 0.6 is 0 Å². The average Bonchev–Trinajstić information content (AvgIpc) is 2.18. The second-order valence-corrected chi connectivity index (χ2v) is 2.51. The molecule has 0 bridgehead atoms. The number of hydrogen-bond acceptors (Lipinski definition) is 3. The van der Waals surface area contributed by atoms with Crippen LogP contribution in [0.4, 0.5) is 14.5 Å². The lowest BCUT2D eigenvalue weighted by Gasteiger charge is -2.10. The second-order valence-electron chi connectivity index (χ2n) is 2.51. The fraction of sp³-hybridized carbons (Fsp3) is 0.222. The van der Waals surface area contributed by atoms with Gasteiger partial charge in [0.05, 0.1) is 7.11 Å². The molecule has 15 heavy (non-hydrogen) atoms. The largest absolute Gasteiger partial charge is 0.493 e. The molecule has 0 aromatic heterocycles. The van der Waals surface area contributed by atoms with Crippen LogP contribution in [0.25, 0.3) is 0 Å². The molecule has 0 spiro atoms. The number of amides is 1. The van der Waals surface area contributed by atoms with Gasteiger partial charge in [0.25, 0.3) is 0 Å². The van der Waals surface area contributed by atoms with Gasteiger partial charge in [-0.05, 0) is 12.1 Å². The number of halogens is 2. The van der Waals surface area contributed by atoms with Crippen LogP contribution in [0.5, 0.6) is 11.5 Å². The van der Waals surface area contributed by atoms with E-state index in [4.69, 9.17) is 4.74 Å². The number of alkyl halides is 2. The summed E-state index contributed by atoms with van der Waals surface area (Å²) in [6, 6.07) is 4.18. The Morgan fingerprint density at radius 3 is 2.67 bits per heavy atom. The Kier molecular flexibility index (Phi) is 3.84. The average molecular weight is 217 g/mol. The zero-order valence-electron chi connectivity index (χ0n) is 7.87. The van der Waals surface area contributed by atoms with Crippen LogP contribution in [0.2, 0.25) is 0 Å². The molecule has 82 valence electrons. The predicted octanol–water partition coefficient (Wildman–Crippen LogP) is 1.86. The van der Waals surface area contributed by atoms with E-state index in [0.29, 0.717) is 12.1 Å². The standard InChI is InChI=1S/C9H9F2NO3/c1-14-7-3-2-6(12-5-13)4-8(7)15-9(10)11/h2-5,9H,1H3,(H,12,13). The minimum absolute atomic E-state index is 0.126. The Bertz CT molecular complexity index is 344. The maximum absolute atomic E-state index is 12.0. The van der Waals surface area contributed by atoms with E-state index in [2.05, 4.69) is 10.1 Å². The molecule has 0 fully saturated rings. The summed E-state index contributed by atoms with van der Waals surface area (Å²) < 4.78 is 33.0. The van der Waals surface area contributed by atoms with Crippen LogP contribution in [0.1, 0.15) is 0 Å². The van der Waals surface area contributed by atoms with E-state index < -0.39 is 6.61 Å². The van der Waals surface area contributed by atoms with Gasteiger partial charge in [0, 0.05) is 11.8 Å². The number of carbonyl (C=O) groups excluding carboxylic acids is 1. The Balaban J connectivity index is 2.96. The number of ether oxygens (including phenoxy) is 2. The molecule has 0 aliphatic carbocycles. The molecular weight excluding hydrogens is 208 g/mol. The third-order valence-electron chi connectivity index (χ3n) is 1.61. The summed E-state index contributed by atoms with van der Waals surface area (Å²) in [5.74, 6) is 0.0473. The lowest BCUT2D eigenvalue weighted by molar-refractivity contribution is -0.105. The van der Waals surface area contributed by atoms with E-state index in [-0.39, 0.29) is 11.5 Å². The van der Waals surface area contributed by atoms with Crippen molar-refractivity contribution in [1.29, 1.82) is 0 Å². The second kappa shape index (κ2) is 5.14. The van der Waals surface area contributed by atoms with Crippen LogP contribution in [0, 0.1) is 0 Å². The fourth-order valence-corrected chi connectivity index (χ4v) is 1.02. The van der Waals surface area contributed by atoms with E-state index in [1.54, 1.807) is 0 Å². The fourth-order valence-electron chi connectivity index (χ4n) is 1.02. The molecule has 0 aliphatic rings. The van der Waals surface area contributed by atoms with E-state index >= 15 is 0 Å². The van der Waals surface area contributed by atoms with Crippen LogP contribution in [0.3, 0.4) is 0 Å². The van der Waals surface area contributed by atoms with Crippen LogP contribution in [-0.4, -0.2) is 20.1 Å². The van der Waals surface area contributed by atoms with Crippen molar-refractivity contribution in [3.63, 3.8) is 0 Å². The summed E-state index contributed by atoms with van der Waals surface area (Å²) in [6.45, 7) is -2.94. The molecule has 1 amide bonds. The van der Waals surface area contributed by atoms with Crippen molar-refractivity contribution in [2.45, 2.75) is 6.61 Å². The number of benzene rings is 1. The molecule has 1 aromatic carbocycles. The summed E-state index contributed by atoms with van der Waals surface area (Å²) >= 11 is 0. The third-order valence-corrected chi connectivity index (χ3v) is 1.61. The highest BCUT2D eigenvalue weighted by Gasteiger charge is 2.10. The minimum atomic E-state index is -2.94. The number of anilines is 1. The predicted molar refractivity (Wildman–Crippen MR) is 49.3 cm³/mol. The molecule has 0 unspecified atom stereocenters. The molecule has 1 rings (SSSR count). The molecule has 4 nitrogen and oxygen atoms in total. The molecular formula is C9H9F2NO3. The highest BCUT2D eigenvalue weighted by atomic mass is 19.3. The lowest BCUT2D eigenvalue weighted by Crippen LogP contribution is -2.04. The summed E-state index contributed by atoms with van der Waals surface area (Å²) in [6.07, 6.45) is 0.438. The van der Waals surface area contributed by atoms with Crippen molar-refractivity contribution in [1.82, 2.24) is 0 Å². The molecule has 0 atom stereocenters. The van der Waals surface area contributed by atoms with E-state index in [1.165, 1.54) is 25.3 Å². The molecule has 0 saturated heterocycles. The van der Waals surface area contributed by atoms with Gasteiger partial charge >= 0.3 is 6.61 Å². The van der Waals surface area contributed by atoms with Crippen molar-refractivity contribution in [2.24, 2.45) is 0 Å². The first kappa shape index (κ1) is 11.2.